The average molecular weight is 245 g/mol. The van der Waals surface area contributed by atoms with Gasteiger partial charge in [0, 0.05) is 22.2 Å². The first-order valence-corrected chi connectivity index (χ1v) is 5.76. The van der Waals surface area contributed by atoms with E-state index in [1.54, 1.807) is 0 Å². The summed E-state index contributed by atoms with van der Waals surface area (Å²) in [5.74, 6) is 0.407. The van der Waals surface area contributed by atoms with Crippen LogP contribution < -0.4 is 0 Å². The normalized spacial score (nSPS) is 10.7. The van der Waals surface area contributed by atoms with Crippen LogP contribution in [-0.2, 0) is 5.88 Å². The summed E-state index contributed by atoms with van der Waals surface area (Å²) in [5, 5.41) is 3.37. The van der Waals surface area contributed by atoms with Crippen molar-refractivity contribution in [2.45, 2.75) is 5.88 Å². The summed E-state index contributed by atoms with van der Waals surface area (Å²) >= 11 is 13.2. The smallest absolute Gasteiger partial charge is 0.151 e. The molecule has 0 aliphatic carbocycles. The molecular formula is C10H6Cl2OS. The number of carbonyl (C=O) groups is 1. The fourth-order valence-electron chi connectivity index (χ4n) is 1.34. The van der Waals surface area contributed by atoms with Crippen LogP contribution in [0.4, 0.5) is 0 Å². The molecule has 0 atom stereocenters. The Morgan fingerprint density at radius 3 is 2.86 bits per heavy atom. The molecular weight excluding hydrogens is 239 g/mol. The fourth-order valence-corrected chi connectivity index (χ4v) is 2.77. The third kappa shape index (κ3) is 1.54. The van der Waals surface area contributed by atoms with Gasteiger partial charge in [0.25, 0.3) is 0 Å². The summed E-state index contributed by atoms with van der Waals surface area (Å²) in [5.41, 5.74) is 1.62. The molecule has 0 fully saturated rings. The number of halogens is 2. The van der Waals surface area contributed by atoms with Gasteiger partial charge < -0.3 is 0 Å². The molecule has 0 saturated heterocycles. The number of carbonyl (C=O) groups excluding carboxylic acids is 1. The van der Waals surface area contributed by atoms with E-state index in [-0.39, 0.29) is 0 Å². The molecule has 0 aliphatic heterocycles. The van der Waals surface area contributed by atoms with E-state index in [2.05, 4.69) is 0 Å². The summed E-state index contributed by atoms with van der Waals surface area (Å²) in [7, 11) is 0. The fraction of sp³-hybridized carbons (Fsp3) is 0.100. The molecule has 1 heterocycles. The minimum atomic E-state index is 0.407. The van der Waals surface area contributed by atoms with Crippen molar-refractivity contribution in [3.63, 3.8) is 0 Å². The van der Waals surface area contributed by atoms with E-state index < -0.39 is 0 Å². The lowest BCUT2D eigenvalue weighted by molar-refractivity contribution is 0.112. The topological polar surface area (TPSA) is 17.1 Å². The maximum absolute atomic E-state index is 10.7. The molecule has 2 rings (SSSR count). The molecule has 0 unspecified atom stereocenters. The first kappa shape index (κ1) is 9.97. The summed E-state index contributed by atoms with van der Waals surface area (Å²) < 4.78 is 0.947. The van der Waals surface area contributed by atoms with Gasteiger partial charge >= 0.3 is 0 Å². The third-order valence-electron chi connectivity index (χ3n) is 2.00. The van der Waals surface area contributed by atoms with Crippen LogP contribution in [0.1, 0.15) is 15.9 Å². The van der Waals surface area contributed by atoms with Gasteiger partial charge in [0.2, 0.25) is 0 Å². The minimum absolute atomic E-state index is 0.407. The van der Waals surface area contributed by atoms with Crippen LogP contribution in [-0.4, -0.2) is 6.29 Å². The summed E-state index contributed by atoms with van der Waals surface area (Å²) in [6, 6.07) is 3.75. The maximum Gasteiger partial charge on any atom is 0.151 e. The highest BCUT2D eigenvalue weighted by Gasteiger charge is 2.08. The molecule has 0 bridgehead atoms. The van der Waals surface area contributed by atoms with Crippen molar-refractivity contribution in [2.24, 2.45) is 0 Å². The number of hydrogen-bond donors (Lipinski definition) is 0. The Labute approximate surface area is 95.3 Å². The molecule has 0 amide bonds. The molecule has 72 valence electrons. The highest BCUT2D eigenvalue weighted by molar-refractivity contribution is 7.18. The highest BCUT2D eigenvalue weighted by Crippen LogP contribution is 2.33. The van der Waals surface area contributed by atoms with E-state index in [1.165, 1.54) is 11.3 Å². The van der Waals surface area contributed by atoms with Crippen LogP contribution in [0, 0.1) is 0 Å². The van der Waals surface area contributed by atoms with Gasteiger partial charge in [-0.25, -0.2) is 0 Å². The van der Waals surface area contributed by atoms with Gasteiger partial charge in [-0.05, 0) is 17.7 Å². The van der Waals surface area contributed by atoms with Crippen molar-refractivity contribution in [3.05, 3.63) is 33.7 Å². The van der Waals surface area contributed by atoms with E-state index in [9.17, 15) is 4.79 Å². The number of hydrogen-bond acceptors (Lipinski definition) is 2. The van der Waals surface area contributed by atoms with E-state index in [0.717, 1.165) is 21.9 Å². The number of aldehydes is 1. The third-order valence-corrected chi connectivity index (χ3v) is 3.77. The van der Waals surface area contributed by atoms with Crippen molar-refractivity contribution in [2.75, 3.05) is 0 Å². The number of alkyl halides is 1. The Kier molecular flexibility index (Phi) is 2.77. The second kappa shape index (κ2) is 3.89. The molecule has 4 heteroatoms. The maximum atomic E-state index is 10.7. The monoisotopic (exact) mass is 244 g/mol. The van der Waals surface area contributed by atoms with Gasteiger partial charge in [-0.15, -0.1) is 22.9 Å². The summed E-state index contributed by atoms with van der Waals surface area (Å²) in [6.07, 6.45) is 0.840. The molecule has 0 N–H and O–H groups in total. The highest BCUT2D eigenvalue weighted by atomic mass is 35.5. The molecule has 1 aromatic carbocycles. The van der Waals surface area contributed by atoms with Crippen molar-refractivity contribution in [3.8, 4) is 0 Å². The minimum Gasteiger partial charge on any atom is -0.298 e. The number of rotatable bonds is 2. The zero-order chi connectivity index (χ0) is 10.1. The number of benzene rings is 1. The number of thiophene rings is 1. The lowest BCUT2D eigenvalue weighted by Gasteiger charge is -1.99. The van der Waals surface area contributed by atoms with Crippen molar-refractivity contribution < 1.29 is 4.79 Å². The van der Waals surface area contributed by atoms with Gasteiger partial charge in [-0.3, -0.25) is 4.79 Å². The van der Waals surface area contributed by atoms with Crippen LogP contribution >= 0.6 is 34.5 Å². The zero-order valence-corrected chi connectivity index (χ0v) is 9.42. The molecule has 0 radical (unpaired) electrons. The lowest BCUT2D eigenvalue weighted by atomic mass is 10.1. The predicted molar refractivity (Wildman–Crippen MR) is 61.8 cm³/mol. The Hall–Kier alpha value is -0.570. The van der Waals surface area contributed by atoms with E-state index >= 15 is 0 Å². The first-order chi connectivity index (χ1) is 6.76. The largest absolute Gasteiger partial charge is 0.298 e. The lowest BCUT2D eigenvalue weighted by Crippen LogP contribution is -1.80. The SMILES string of the molecule is O=Cc1csc2c(Cl)cc(CCl)cc12. The molecule has 0 spiro atoms. The molecule has 0 saturated carbocycles. The van der Waals surface area contributed by atoms with Gasteiger partial charge in [-0.1, -0.05) is 11.6 Å². The molecule has 14 heavy (non-hydrogen) atoms. The van der Waals surface area contributed by atoms with E-state index in [0.29, 0.717) is 16.5 Å². The van der Waals surface area contributed by atoms with Crippen LogP contribution in [0.15, 0.2) is 17.5 Å². The van der Waals surface area contributed by atoms with Gasteiger partial charge in [-0.2, -0.15) is 0 Å². The van der Waals surface area contributed by atoms with Crippen molar-refractivity contribution >= 4 is 50.9 Å². The van der Waals surface area contributed by atoms with E-state index in [4.69, 9.17) is 23.2 Å². The number of fused-ring (bicyclic) bond motifs is 1. The Balaban J connectivity index is 2.79. The van der Waals surface area contributed by atoms with Crippen LogP contribution in [0.2, 0.25) is 5.02 Å². The second-order valence-corrected chi connectivity index (χ2v) is 4.45. The quantitative estimate of drug-likeness (QED) is 0.574. The van der Waals surface area contributed by atoms with Crippen LogP contribution in [0.5, 0.6) is 0 Å². The molecule has 2 aromatic rings. The summed E-state index contributed by atoms with van der Waals surface area (Å²) in [4.78, 5) is 10.7. The van der Waals surface area contributed by atoms with Crippen molar-refractivity contribution in [1.29, 1.82) is 0 Å². The molecule has 0 aliphatic rings. The Bertz CT molecular complexity index is 490. The van der Waals surface area contributed by atoms with Crippen molar-refractivity contribution in [1.82, 2.24) is 0 Å². The first-order valence-electron chi connectivity index (χ1n) is 3.97. The molecule has 1 aromatic heterocycles. The van der Waals surface area contributed by atoms with Crippen LogP contribution in [0.25, 0.3) is 10.1 Å². The van der Waals surface area contributed by atoms with Gasteiger partial charge in [0.05, 0.1) is 9.72 Å². The van der Waals surface area contributed by atoms with Gasteiger partial charge in [0.15, 0.2) is 6.29 Å². The van der Waals surface area contributed by atoms with E-state index in [1.807, 2.05) is 17.5 Å². The van der Waals surface area contributed by atoms with Crippen LogP contribution in [0.3, 0.4) is 0 Å². The predicted octanol–water partition coefficient (Wildman–Crippen LogP) is 4.11. The second-order valence-electron chi connectivity index (χ2n) is 2.90. The summed E-state index contributed by atoms with van der Waals surface area (Å²) in [6.45, 7) is 0. The molecule has 1 nitrogen and oxygen atoms in total. The standard InChI is InChI=1S/C10H6Cl2OS/c11-3-6-1-8-7(4-13)5-14-10(8)9(12)2-6/h1-2,4-5H,3H2. The Morgan fingerprint density at radius 1 is 1.43 bits per heavy atom. The average Bonchev–Trinajstić information content (AvgIpc) is 2.61. The van der Waals surface area contributed by atoms with Gasteiger partial charge in [0.1, 0.15) is 0 Å². The zero-order valence-electron chi connectivity index (χ0n) is 7.09. The Morgan fingerprint density at radius 2 is 2.21 bits per heavy atom.